The van der Waals surface area contributed by atoms with E-state index in [4.69, 9.17) is 5.73 Å². The molecule has 0 fully saturated rings. The molecule has 2 unspecified atom stereocenters. The Morgan fingerprint density at radius 2 is 2.21 bits per heavy atom. The molecule has 0 saturated heterocycles. The van der Waals surface area contributed by atoms with Crippen molar-refractivity contribution in [1.29, 1.82) is 0 Å². The zero-order valence-electron chi connectivity index (χ0n) is 10.3. The Hall–Kier alpha value is -1.86. The second-order valence-corrected chi connectivity index (χ2v) is 4.44. The van der Waals surface area contributed by atoms with E-state index in [0.717, 1.165) is 6.07 Å². The Bertz CT molecular complexity index is 559. The highest BCUT2D eigenvalue weighted by Crippen LogP contribution is 2.28. The average molecular weight is 268 g/mol. The Morgan fingerprint density at radius 3 is 2.74 bits per heavy atom. The van der Waals surface area contributed by atoms with E-state index in [1.165, 1.54) is 23.1 Å². The van der Waals surface area contributed by atoms with Crippen LogP contribution in [-0.4, -0.2) is 26.1 Å². The van der Waals surface area contributed by atoms with E-state index in [9.17, 15) is 13.9 Å². The van der Waals surface area contributed by atoms with E-state index in [0.29, 0.717) is 6.07 Å². The summed E-state index contributed by atoms with van der Waals surface area (Å²) in [6.45, 7) is 1.47. The second kappa shape index (κ2) is 5.02. The summed E-state index contributed by atoms with van der Waals surface area (Å²) in [4.78, 5) is 0. The van der Waals surface area contributed by atoms with Crippen molar-refractivity contribution in [2.75, 3.05) is 0 Å². The molecule has 0 spiro atoms. The number of hydrogen-bond acceptors (Lipinski definition) is 4. The van der Waals surface area contributed by atoms with Crippen molar-refractivity contribution in [2.24, 2.45) is 5.73 Å². The molecule has 1 aromatic heterocycles. The molecule has 0 aliphatic heterocycles. The van der Waals surface area contributed by atoms with Gasteiger partial charge in [0.25, 0.3) is 0 Å². The normalized spacial score (nSPS) is 16.1. The first-order valence-corrected chi connectivity index (χ1v) is 5.71. The van der Waals surface area contributed by atoms with Crippen molar-refractivity contribution in [3.63, 3.8) is 0 Å². The third-order valence-corrected chi connectivity index (χ3v) is 3.03. The van der Waals surface area contributed by atoms with Crippen LogP contribution in [0.25, 0.3) is 0 Å². The fourth-order valence-electron chi connectivity index (χ4n) is 1.88. The Morgan fingerprint density at radius 1 is 1.47 bits per heavy atom. The zero-order valence-corrected chi connectivity index (χ0v) is 10.3. The number of hydrogen-bond donors (Lipinski definition) is 2. The van der Waals surface area contributed by atoms with Crippen molar-refractivity contribution >= 4 is 0 Å². The van der Waals surface area contributed by atoms with Gasteiger partial charge in [0.05, 0.1) is 12.7 Å². The second-order valence-electron chi connectivity index (χ2n) is 4.44. The molecule has 0 aliphatic rings. The van der Waals surface area contributed by atoms with Gasteiger partial charge >= 0.3 is 0 Å². The molecule has 1 heterocycles. The Labute approximate surface area is 108 Å². The summed E-state index contributed by atoms with van der Waals surface area (Å²) < 4.78 is 28.1. The number of aliphatic hydroxyl groups is 1. The van der Waals surface area contributed by atoms with E-state index in [-0.39, 0.29) is 12.1 Å². The zero-order chi connectivity index (χ0) is 14.0. The van der Waals surface area contributed by atoms with Crippen LogP contribution in [0.4, 0.5) is 8.78 Å². The smallest absolute Gasteiger partial charge is 0.132 e. The van der Waals surface area contributed by atoms with Crippen LogP contribution in [0.15, 0.2) is 30.6 Å². The summed E-state index contributed by atoms with van der Waals surface area (Å²) in [5.41, 5.74) is 3.98. The highest BCUT2D eigenvalue weighted by molar-refractivity contribution is 5.26. The molecular weight excluding hydrogens is 254 g/mol. The van der Waals surface area contributed by atoms with Gasteiger partial charge in [0.1, 0.15) is 17.2 Å². The van der Waals surface area contributed by atoms with E-state index in [1.807, 2.05) is 0 Å². The molecule has 0 saturated carbocycles. The van der Waals surface area contributed by atoms with Crippen LogP contribution in [-0.2, 0) is 12.1 Å². The van der Waals surface area contributed by atoms with Gasteiger partial charge < -0.3 is 10.8 Å². The van der Waals surface area contributed by atoms with Crippen molar-refractivity contribution in [2.45, 2.75) is 25.1 Å². The summed E-state index contributed by atoms with van der Waals surface area (Å²) in [6.07, 6.45) is 2.96. The molecule has 5 nitrogen and oxygen atoms in total. The molecule has 0 radical (unpaired) electrons. The van der Waals surface area contributed by atoms with Gasteiger partial charge in [0.2, 0.25) is 0 Å². The summed E-state index contributed by atoms with van der Waals surface area (Å²) in [6, 6.07) is 2.19. The van der Waals surface area contributed by atoms with Crippen LogP contribution in [0.3, 0.4) is 0 Å². The van der Waals surface area contributed by atoms with E-state index < -0.39 is 23.3 Å². The molecule has 0 bridgehead atoms. The lowest BCUT2D eigenvalue weighted by Gasteiger charge is -2.32. The van der Waals surface area contributed by atoms with Crippen LogP contribution >= 0.6 is 0 Å². The molecule has 1 aromatic carbocycles. The predicted molar refractivity (Wildman–Crippen MR) is 63.9 cm³/mol. The average Bonchev–Trinajstić information content (AvgIpc) is 2.81. The first-order valence-electron chi connectivity index (χ1n) is 5.71. The third kappa shape index (κ3) is 2.61. The van der Waals surface area contributed by atoms with E-state index >= 15 is 0 Å². The van der Waals surface area contributed by atoms with Crippen molar-refractivity contribution in [3.8, 4) is 0 Å². The van der Waals surface area contributed by atoms with Gasteiger partial charge in [-0.1, -0.05) is 11.3 Å². The molecular formula is C12H14F2N4O. The quantitative estimate of drug-likeness (QED) is 0.859. The van der Waals surface area contributed by atoms with Crippen LogP contribution < -0.4 is 5.73 Å². The van der Waals surface area contributed by atoms with E-state index in [1.54, 1.807) is 6.92 Å². The Balaban J connectivity index is 2.43. The number of benzene rings is 1. The molecule has 2 rings (SSSR count). The van der Waals surface area contributed by atoms with Gasteiger partial charge in [-0.2, -0.15) is 0 Å². The van der Waals surface area contributed by atoms with E-state index in [2.05, 4.69) is 10.3 Å². The fourth-order valence-corrected chi connectivity index (χ4v) is 1.88. The number of halogens is 2. The summed E-state index contributed by atoms with van der Waals surface area (Å²) in [7, 11) is 0. The Kier molecular flexibility index (Phi) is 3.59. The molecule has 7 heteroatoms. The van der Waals surface area contributed by atoms with Gasteiger partial charge in [-0.3, -0.25) is 0 Å². The molecule has 2 atom stereocenters. The first-order chi connectivity index (χ1) is 8.93. The maximum Gasteiger partial charge on any atom is 0.132 e. The summed E-state index contributed by atoms with van der Waals surface area (Å²) in [5, 5.41) is 17.9. The molecule has 0 amide bonds. The number of nitrogens with two attached hydrogens (primary N) is 1. The molecule has 2 aromatic rings. The lowest BCUT2D eigenvalue weighted by atomic mass is 9.87. The minimum Gasteiger partial charge on any atom is -0.381 e. The van der Waals surface area contributed by atoms with Crippen molar-refractivity contribution < 1.29 is 13.9 Å². The van der Waals surface area contributed by atoms with Crippen LogP contribution in [0.2, 0.25) is 0 Å². The predicted octanol–water partition coefficient (Wildman–Crippen LogP) is 0.791. The minimum atomic E-state index is -1.70. The number of aromatic nitrogens is 3. The SMILES string of the molecule is CC(N)C(O)(Cn1ccnn1)c1ccc(F)cc1F. The number of nitrogens with zero attached hydrogens (tertiary/aromatic N) is 3. The van der Waals surface area contributed by atoms with Crippen LogP contribution in [0, 0.1) is 11.6 Å². The van der Waals surface area contributed by atoms with Gasteiger partial charge in [0, 0.05) is 23.9 Å². The van der Waals surface area contributed by atoms with Gasteiger partial charge in [-0.25, -0.2) is 13.5 Å². The number of rotatable bonds is 4. The van der Waals surface area contributed by atoms with Crippen LogP contribution in [0.5, 0.6) is 0 Å². The van der Waals surface area contributed by atoms with Gasteiger partial charge in [0.15, 0.2) is 0 Å². The van der Waals surface area contributed by atoms with Gasteiger partial charge in [-0.15, -0.1) is 5.10 Å². The third-order valence-electron chi connectivity index (χ3n) is 3.03. The summed E-state index contributed by atoms with van der Waals surface area (Å²) in [5.74, 6) is -1.56. The summed E-state index contributed by atoms with van der Waals surface area (Å²) >= 11 is 0. The monoisotopic (exact) mass is 268 g/mol. The lowest BCUT2D eigenvalue weighted by Crippen LogP contribution is -2.47. The molecule has 0 aliphatic carbocycles. The van der Waals surface area contributed by atoms with Gasteiger partial charge in [-0.05, 0) is 13.0 Å². The first kappa shape index (κ1) is 13.6. The molecule has 102 valence electrons. The molecule has 19 heavy (non-hydrogen) atoms. The largest absolute Gasteiger partial charge is 0.381 e. The van der Waals surface area contributed by atoms with Crippen molar-refractivity contribution in [1.82, 2.24) is 15.0 Å². The van der Waals surface area contributed by atoms with Crippen molar-refractivity contribution in [3.05, 3.63) is 47.8 Å². The highest BCUT2D eigenvalue weighted by atomic mass is 19.1. The minimum absolute atomic E-state index is 0.0700. The lowest BCUT2D eigenvalue weighted by molar-refractivity contribution is -0.00891. The maximum atomic E-state index is 13.8. The topological polar surface area (TPSA) is 77.0 Å². The maximum absolute atomic E-state index is 13.8. The molecule has 3 N–H and O–H groups in total. The highest BCUT2D eigenvalue weighted by Gasteiger charge is 2.37. The van der Waals surface area contributed by atoms with Crippen LogP contribution in [0.1, 0.15) is 12.5 Å². The standard InChI is InChI=1S/C12H14F2N4O/c1-8(15)12(19,7-18-5-4-16-17-18)10-3-2-9(13)6-11(10)14/h2-6,8,19H,7,15H2,1H3. The fraction of sp³-hybridized carbons (Fsp3) is 0.333.